The Morgan fingerprint density at radius 3 is 2.73 bits per heavy atom. The quantitative estimate of drug-likeness (QED) is 0.701. The molecule has 0 spiro atoms. The highest BCUT2D eigenvalue weighted by molar-refractivity contribution is 8.27. The highest BCUT2D eigenvalue weighted by Crippen LogP contribution is 2.35. The van der Waals surface area contributed by atoms with Crippen LogP contribution in [0.2, 0.25) is 5.02 Å². The Kier molecular flexibility index (Phi) is 4.94. The van der Waals surface area contributed by atoms with E-state index in [-0.39, 0.29) is 22.5 Å². The molecule has 12 heteroatoms. The number of thioether (sulfide) groups is 1. The van der Waals surface area contributed by atoms with Crippen molar-refractivity contribution in [2.45, 2.75) is 6.18 Å². The van der Waals surface area contributed by atoms with Crippen LogP contribution in [0.15, 0.2) is 52.2 Å². The molecule has 0 saturated heterocycles. The molecule has 0 aliphatic carbocycles. The predicted molar refractivity (Wildman–Crippen MR) is 108 cm³/mol. The van der Waals surface area contributed by atoms with E-state index in [1.54, 1.807) is 41.1 Å². The summed E-state index contributed by atoms with van der Waals surface area (Å²) in [6, 6.07) is 8.46. The van der Waals surface area contributed by atoms with Crippen molar-refractivity contribution in [3.8, 4) is 11.4 Å². The number of amidine groups is 2. The van der Waals surface area contributed by atoms with Crippen molar-refractivity contribution in [3.63, 3.8) is 0 Å². The zero-order chi connectivity index (χ0) is 21.6. The summed E-state index contributed by atoms with van der Waals surface area (Å²) in [5.74, 6) is -0.821. The number of hydrogen-bond donors (Lipinski definition) is 1. The third-order valence-electron chi connectivity index (χ3n) is 4.18. The molecule has 1 aromatic heterocycles. The Morgan fingerprint density at radius 2 is 2.07 bits per heavy atom. The van der Waals surface area contributed by atoms with E-state index >= 15 is 0 Å². The van der Waals surface area contributed by atoms with E-state index in [1.807, 2.05) is 0 Å². The number of rotatable bonds is 3. The van der Waals surface area contributed by atoms with Crippen LogP contribution in [0, 0.1) is 5.41 Å². The van der Waals surface area contributed by atoms with Gasteiger partial charge in [0.15, 0.2) is 5.84 Å². The van der Waals surface area contributed by atoms with E-state index in [2.05, 4.69) is 10.1 Å². The lowest BCUT2D eigenvalue weighted by atomic mass is 10.1. The summed E-state index contributed by atoms with van der Waals surface area (Å²) in [5.41, 5.74) is 0.965. The zero-order valence-electron chi connectivity index (χ0n) is 15.1. The van der Waals surface area contributed by atoms with E-state index in [0.29, 0.717) is 27.2 Å². The Bertz CT molecular complexity index is 1170. The minimum absolute atomic E-state index is 0.189. The van der Waals surface area contributed by atoms with Gasteiger partial charge in [0.25, 0.3) is 5.91 Å². The van der Waals surface area contributed by atoms with Crippen molar-refractivity contribution in [3.05, 3.63) is 52.8 Å². The highest BCUT2D eigenvalue weighted by atomic mass is 35.5. The summed E-state index contributed by atoms with van der Waals surface area (Å²) in [5, 5.41) is 11.2. The van der Waals surface area contributed by atoms with E-state index in [0.717, 1.165) is 0 Å². The number of hydrazone groups is 1. The summed E-state index contributed by atoms with van der Waals surface area (Å²) < 4.78 is 45.6. The second-order valence-electron chi connectivity index (χ2n) is 6.04. The summed E-state index contributed by atoms with van der Waals surface area (Å²) in [7, 11) is 1.49. The minimum Gasteiger partial charge on any atom is -0.495 e. The van der Waals surface area contributed by atoms with E-state index < -0.39 is 23.0 Å². The lowest BCUT2D eigenvalue weighted by Gasteiger charge is -2.20. The minimum atomic E-state index is -4.69. The first kappa shape index (κ1) is 20.2. The van der Waals surface area contributed by atoms with Crippen LogP contribution in [0.1, 0.15) is 5.69 Å². The second kappa shape index (κ2) is 7.33. The molecule has 0 saturated carbocycles. The molecule has 7 nitrogen and oxygen atoms in total. The number of fused-ring (bicyclic) bond motifs is 1. The number of nitrogens with one attached hydrogen (secondary N) is 1. The van der Waals surface area contributed by atoms with Gasteiger partial charge in [-0.05, 0) is 48.2 Å². The van der Waals surface area contributed by atoms with Gasteiger partial charge in [0.05, 0.1) is 17.7 Å². The molecule has 0 fully saturated rings. The lowest BCUT2D eigenvalue weighted by Crippen LogP contribution is -2.35. The van der Waals surface area contributed by atoms with Crippen molar-refractivity contribution < 1.29 is 22.7 Å². The number of halogens is 4. The number of ether oxygens (including phenoxy) is 1. The van der Waals surface area contributed by atoms with Crippen LogP contribution >= 0.6 is 23.4 Å². The molecule has 154 valence electrons. The monoisotopic (exact) mass is 453 g/mol. The van der Waals surface area contributed by atoms with Gasteiger partial charge in [-0.15, -0.1) is 0 Å². The molecule has 30 heavy (non-hydrogen) atoms. The number of alkyl halides is 3. The first-order chi connectivity index (χ1) is 14.2. The van der Waals surface area contributed by atoms with Crippen LogP contribution in [-0.4, -0.2) is 44.8 Å². The van der Waals surface area contributed by atoms with Crippen LogP contribution in [0.4, 0.5) is 13.2 Å². The van der Waals surface area contributed by atoms with Crippen molar-refractivity contribution in [2.24, 2.45) is 10.1 Å². The number of methoxy groups -OCH3 is 1. The molecule has 0 bridgehead atoms. The van der Waals surface area contributed by atoms with E-state index in [4.69, 9.17) is 21.7 Å². The van der Waals surface area contributed by atoms with Gasteiger partial charge in [0.2, 0.25) is 10.2 Å². The topological polar surface area (TPSA) is 83.0 Å². The number of aliphatic imine (C=N–C) groups is 1. The molecule has 1 N–H and O–H groups in total. The van der Waals surface area contributed by atoms with E-state index in [9.17, 15) is 18.0 Å². The third kappa shape index (κ3) is 3.50. The maximum absolute atomic E-state index is 12.9. The molecule has 0 unspecified atom stereocenters. The number of benzene rings is 1. The molecule has 0 atom stereocenters. The summed E-state index contributed by atoms with van der Waals surface area (Å²) in [4.78, 5) is 16.1. The van der Waals surface area contributed by atoms with Crippen molar-refractivity contribution in [1.29, 1.82) is 5.41 Å². The standard InChI is InChI=1S/C18H11ClF3N5O2S/c1-29-13-5-4-10(8-12(13)19)26-6-2-3-9(26)7-11-14(23)27-17(24-15(11)28)30-16(25-27)18(20,21)22/h2-8,23H,1H3/b11-7+,23-14?. The van der Waals surface area contributed by atoms with Crippen LogP contribution in [0.3, 0.4) is 0 Å². The Hall–Kier alpha value is -3.05. The van der Waals surface area contributed by atoms with Gasteiger partial charge in [0.1, 0.15) is 5.75 Å². The molecule has 4 rings (SSSR count). The number of hydrogen-bond acceptors (Lipinski definition) is 5. The van der Waals surface area contributed by atoms with Gasteiger partial charge in [-0.1, -0.05) is 11.6 Å². The molecule has 2 aliphatic rings. The first-order valence-corrected chi connectivity index (χ1v) is 9.47. The number of carbonyl (C=O) groups is 1. The average molecular weight is 454 g/mol. The maximum atomic E-state index is 12.9. The largest absolute Gasteiger partial charge is 0.495 e. The third-order valence-corrected chi connectivity index (χ3v) is 5.43. The SMILES string of the molecule is COc1ccc(-n2cccc2/C=C2\C(=N)N3N=C(C(F)(F)F)SC3=NC2=O)cc1Cl. The van der Waals surface area contributed by atoms with Crippen LogP contribution in [0.5, 0.6) is 5.75 Å². The summed E-state index contributed by atoms with van der Waals surface area (Å²) >= 11 is 6.38. The first-order valence-electron chi connectivity index (χ1n) is 8.27. The summed E-state index contributed by atoms with van der Waals surface area (Å²) in [6.07, 6.45) is -1.61. The fourth-order valence-electron chi connectivity index (χ4n) is 2.81. The number of nitrogens with zero attached hydrogens (tertiary/aromatic N) is 4. The Morgan fingerprint density at radius 1 is 1.30 bits per heavy atom. The predicted octanol–water partition coefficient (Wildman–Crippen LogP) is 4.32. The van der Waals surface area contributed by atoms with Crippen LogP contribution in [0.25, 0.3) is 11.8 Å². The average Bonchev–Trinajstić information content (AvgIpc) is 3.31. The molecule has 2 aromatic rings. The van der Waals surface area contributed by atoms with Crippen molar-refractivity contribution >= 4 is 51.4 Å². The molecular formula is C18H11ClF3N5O2S. The van der Waals surface area contributed by atoms with Crippen LogP contribution in [-0.2, 0) is 4.79 Å². The second-order valence-corrected chi connectivity index (χ2v) is 7.41. The molecule has 1 aromatic carbocycles. The molecule has 2 aliphatic heterocycles. The zero-order valence-corrected chi connectivity index (χ0v) is 16.6. The van der Waals surface area contributed by atoms with E-state index in [1.165, 1.54) is 13.2 Å². The van der Waals surface area contributed by atoms with Gasteiger partial charge < -0.3 is 9.30 Å². The lowest BCUT2D eigenvalue weighted by molar-refractivity contribution is -0.114. The normalized spacial score (nSPS) is 17.9. The van der Waals surface area contributed by atoms with Gasteiger partial charge in [-0.25, -0.2) is 0 Å². The Labute approximate surface area is 177 Å². The fraction of sp³-hybridized carbons (Fsp3) is 0.111. The van der Waals surface area contributed by atoms with Crippen molar-refractivity contribution in [2.75, 3.05) is 7.11 Å². The van der Waals surface area contributed by atoms with Gasteiger partial charge >= 0.3 is 6.18 Å². The van der Waals surface area contributed by atoms with Gasteiger partial charge in [-0.2, -0.15) is 28.3 Å². The molecule has 0 radical (unpaired) electrons. The number of amides is 1. The van der Waals surface area contributed by atoms with Gasteiger partial charge in [0, 0.05) is 17.6 Å². The number of aromatic nitrogens is 1. The highest BCUT2D eigenvalue weighted by Gasteiger charge is 2.46. The van der Waals surface area contributed by atoms with Gasteiger partial charge in [-0.3, -0.25) is 10.2 Å². The summed E-state index contributed by atoms with van der Waals surface area (Å²) in [6.45, 7) is 0. The number of carbonyl (C=O) groups excluding carboxylic acids is 1. The molecule has 3 heterocycles. The molecular weight excluding hydrogens is 443 g/mol. The fourth-order valence-corrected chi connectivity index (χ4v) is 3.82. The maximum Gasteiger partial charge on any atom is 0.441 e. The molecule has 1 amide bonds. The Balaban J connectivity index is 1.71. The smallest absolute Gasteiger partial charge is 0.441 e. The van der Waals surface area contributed by atoms with Crippen molar-refractivity contribution in [1.82, 2.24) is 9.58 Å². The van der Waals surface area contributed by atoms with Crippen LogP contribution < -0.4 is 4.74 Å².